The predicted molar refractivity (Wildman–Crippen MR) is 208 cm³/mol. The van der Waals surface area contributed by atoms with Gasteiger partial charge in [0.25, 0.3) is 0 Å². The fourth-order valence-electron chi connectivity index (χ4n) is 5.52. The third-order valence-corrected chi connectivity index (χ3v) is 9.69. The van der Waals surface area contributed by atoms with Crippen molar-refractivity contribution in [3.8, 4) is 0 Å². The van der Waals surface area contributed by atoms with Gasteiger partial charge < -0.3 is 25.2 Å². The van der Waals surface area contributed by atoms with E-state index in [0.29, 0.717) is 12.8 Å². The van der Waals surface area contributed by atoms with Gasteiger partial charge in [0.1, 0.15) is 12.7 Å². The molecule has 0 fully saturated rings. The van der Waals surface area contributed by atoms with Crippen LogP contribution < -0.4 is 5.32 Å². The van der Waals surface area contributed by atoms with Crippen molar-refractivity contribution in [3.63, 3.8) is 0 Å². The van der Waals surface area contributed by atoms with Crippen molar-refractivity contribution in [1.29, 1.82) is 0 Å². The molecule has 0 aromatic carbocycles. The maximum atomic E-state index is 12.3. The molecule has 12 heteroatoms. The maximum absolute atomic E-state index is 12.3. The van der Waals surface area contributed by atoms with Crippen LogP contribution in [0.15, 0.2) is 24.3 Å². The SMILES string of the molecule is CCCCC/C=C\C/C=C\CCCCCCCC(=O)NC(COP(=O)(O)OCC(O)COC(=O)CCCCCCCCCCCCCCC)C(=O)O. The summed E-state index contributed by atoms with van der Waals surface area (Å²) < 4.78 is 26.8. The number of ether oxygens (including phenoxy) is 1. The van der Waals surface area contributed by atoms with Gasteiger partial charge in [-0.1, -0.05) is 147 Å². The third-order valence-electron chi connectivity index (χ3n) is 8.74. The molecule has 0 aliphatic heterocycles. The Balaban J connectivity index is 3.96. The van der Waals surface area contributed by atoms with Gasteiger partial charge in [-0.05, 0) is 44.9 Å². The largest absolute Gasteiger partial charge is 0.480 e. The van der Waals surface area contributed by atoms with Gasteiger partial charge >= 0.3 is 19.8 Å². The Morgan fingerprint density at radius 1 is 0.615 bits per heavy atom. The van der Waals surface area contributed by atoms with E-state index in [-0.39, 0.29) is 12.8 Å². The Kier molecular flexibility index (Phi) is 34.6. The van der Waals surface area contributed by atoms with E-state index in [1.165, 1.54) is 77.0 Å². The highest BCUT2D eigenvalue weighted by atomic mass is 31.2. The molecular formula is C40H74NO10P. The van der Waals surface area contributed by atoms with Crippen molar-refractivity contribution in [2.45, 2.75) is 193 Å². The number of hydrogen-bond acceptors (Lipinski definition) is 8. The highest BCUT2D eigenvalue weighted by Gasteiger charge is 2.28. The predicted octanol–water partition coefficient (Wildman–Crippen LogP) is 9.89. The topological polar surface area (TPSA) is 169 Å². The number of carboxylic acid groups (broad SMARTS) is 1. The Morgan fingerprint density at radius 3 is 1.60 bits per heavy atom. The number of hydrogen-bond donors (Lipinski definition) is 4. The Bertz CT molecular complexity index is 989. The monoisotopic (exact) mass is 760 g/mol. The molecule has 0 rings (SSSR count). The molecule has 0 saturated heterocycles. The summed E-state index contributed by atoms with van der Waals surface area (Å²) >= 11 is 0. The molecule has 52 heavy (non-hydrogen) atoms. The quantitative estimate of drug-likeness (QED) is 0.0206. The first-order valence-corrected chi connectivity index (χ1v) is 21.9. The molecule has 304 valence electrons. The van der Waals surface area contributed by atoms with Crippen LogP contribution in [0.5, 0.6) is 0 Å². The van der Waals surface area contributed by atoms with Crippen LogP contribution in [-0.4, -0.2) is 64.9 Å². The van der Waals surface area contributed by atoms with E-state index >= 15 is 0 Å². The van der Waals surface area contributed by atoms with E-state index in [1.807, 2.05) is 0 Å². The molecule has 0 aliphatic rings. The van der Waals surface area contributed by atoms with E-state index in [2.05, 4.69) is 43.5 Å². The number of allylic oxidation sites excluding steroid dienone is 4. The van der Waals surface area contributed by atoms with Crippen molar-refractivity contribution in [1.82, 2.24) is 5.32 Å². The van der Waals surface area contributed by atoms with Crippen LogP contribution in [0.2, 0.25) is 0 Å². The summed E-state index contributed by atoms with van der Waals surface area (Å²) in [6, 6.07) is -1.55. The smallest absolute Gasteiger partial charge is 0.472 e. The molecule has 3 atom stereocenters. The lowest BCUT2D eigenvalue weighted by molar-refractivity contribution is -0.147. The van der Waals surface area contributed by atoms with Gasteiger partial charge in [0, 0.05) is 12.8 Å². The summed E-state index contributed by atoms with van der Waals surface area (Å²) in [5.74, 6) is -2.39. The van der Waals surface area contributed by atoms with E-state index < -0.39 is 57.6 Å². The molecule has 0 heterocycles. The van der Waals surface area contributed by atoms with Crippen LogP contribution in [0.4, 0.5) is 0 Å². The van der Waals surface area contributed by atoms with Gasteiger partial charge in [0.2, 0.25) is 5.91 Å². The molecule has 0 bridgehead atoms. The van der Waals surface area contributed by atoms with Crippen LogP contribution >= 0.6 is 7.82 Å². The molecule has 0 aliphatic carbocycles. The normalized spacial score (nSPS) is 14.1. The molecule has 0 aromatic rings. The second-order valence-electron chi connectivity index (χ2n) is 13.8. The van der Waals surface area contributed by atoms with E-state index in [1.54, 1.807) is 0 Å². The Labute approximate surface area is 315 Å². The van der Waals surface area contributed by atoms with Gasteiger partial charge in [-0.25, -0.2) is 9.36 Å². The highest BCUT2D eigenvalue weighted by Crippen LogP contribution is 2.43. The molecule has 3 unspecified atom stereocenters. The van der Waals surface area contributed by atoms with Crippen LogP contribution in [-0.2, 0) is 32.7 Å². The molecule has 0 aromatic heterocycles. The molecule has 0 radical (unpaired) electrons. The molecule has 11 nitrogen and oxygen atoms in total. The van der Waals surface area contributed by atoms with Gasteiger partial charge in [0.15, 0.2) is 6.04 Å². The minimum absolute atomic E-state index is 0.131. The van der Waals surface area contributed by atoms with E-state index in [9.17, 15) is 34.1 Å². The van der Waals surface area contributed by atoms with Gasteiger partial charge in [-0.3, -0.25) is 18.6 Å². The molecular weight excluding hydrogens is 685 g/mol. The zero-order valence-electron chi connectivity index (χ0n) is 32.6. The average molecular weight is 760 g/mol. The zero-order chi connectivity index (χ0) is 38.5. The fraction of sp³-hybridized carbons (Fsp3) is 0.825. The number of nitrogens with one attached hydrogen (secondary N) is 1. The summed E-state index contributed by atoms with van der Waals surface area (Å²) in [6.07, 6.45) is 34.9. The van der Waals surface area contributed by atoms with Crippen LogP contribution in [0.1, 0.15) is 181 Å². The minimum Gasteiger partial charge on any atom is -0.480 e. The number of phosphoric ester groups is 1. The first-order chi connectivity index (χ1) is 25.1. The van der Waals surface area contributed by atoms with E-state index in [4.69, 9.17) is 13.8 Å². The third kappa shape index (κ3) is 35.0. The van der Waals surface area contributed by atoms with Gasteiger partial charge in [-0.15, -0.1) is 0 Å². The summed E-state index contributed by atoms with van der Waals surface area (Å²) in [5.41, 5.74) is 0. The van der Waals surface area contributed by atoms with Crippen molar-refractivity contribution in [3.05, 3.63) is 24.3 Å². The minimum atomic E-state index is -4.75. The van der Waals surface area contributed by atoms with Gasteiger partial charge in [-0.2, -0.15) is 0 Å². The maximum Gasteiger partial charge on any atom is 0.472 e. The number of carbonyl (C=O) groups excluding carboxylic acids is 2. The number of carboxylic acids is 1. The summed E-state index contributed by atoms with van der Waals surface area (Å²) in [5, 5.41) is 21.8. The first-order valence-electron chi connectivity index (χ1n) is 20.4. The van der Waals surface area contributed by atoms with Crippen LogP contribution in [0.3, 0.4) is 0 Å². The van der Waals surface area contributed by atoms with Crippen molar-refractivity contribution in [2.24, 2.45) is 0 Å². The average Bonchev–Trinajstić information content (AvgIpc) is 3.11. The summed E-state index contributed by atoms with van der Waals surface area (Å²) in [7, 11) is -4.75. The molecule has 0 spiro atoms. The lowest BCUT2D eigenvalue weighted by Crippen LogP contribution is -2.43. The Hall–Kier alpha value is -2.04. The van der Waals surface area contributed by atoms with Crippen LogP contribution in [0, 0.1) is 0 Å². The number of amides is 1. The number of carbonyl (C=O) groups is 3. The first kappa shape index (κ1) is 50.0. The van der Waals surface area contributed by atoms with Crippen molar-refractivity contribution >= 4 is 25.7 Å². The number of aliphatic hydroxyl groups is 1. The summed E-state index contributed by atoms with van der Waals surface area (Å²) in [6.45, 7) is 2.55. The fourth-order valence-corrected chi connectivity index (χ4v) is 6.29. The summed E-state index contributed by atoms with van der Waals surface area (Å²) in [4.78, 5) is 45.8. The standard InChI is InChI=1S/C40H74NO10P/c1-3-5-7-9-11-13-15-17-18-20-21-23-25-27-29-31-38(43)41-37(40(45)46)35-51-52(47,48)50-34-36(42)33-49-39(44)32-30-28-26-24-22-19-16-14-12-10-8-6-4-2/h11,13,17-18,36-37,42H,3-10,12,14-16,19-35H2,1-2H3,(H,41,43)(H,45,46)(H,47,48)/b13-11-,18-17-. The second-order valence-corrected chi connectivity index (χ2v) is 15.3. The Morgan fingerprint density at radius 2 is 1.06 bits per heavy atom. The molecule has 1 amide bonds. The van der Waals surface area contributed by atoms with E-state index in [0.717, 1.165) is 64.2 Å². The van der Waals surface area contributed by atoms with Crippen molar-refractivity contribution < 1.29 is 47.8 Å². The second kappa shape index (κ2) is 36.0. The molecule has 4 N–H and O–H groups in total. The lowest BCUT2D eigenvalue weighted by Gasteiger charge is -2.18. The highest BCUT2D eigenvalue weighted by molar-refractivity contribution is 7.47. The number of aliphatic hydroxyl groups excluding tert-OH is 1. The van der Waals surface area contributed by atoms with Crippen molar-refractivity contribution in [2.75, 3.05) is 19.8 Å². The number of rotatable bonds is 38. The number of aliphatic carboxylic acids is 1. The molecule has 0 saturated carbocycles. The number of phosphoric acid groups is 1. The van der Waals surface area contributed by atoms with Gasteiger partial charge in [0.05, 0.1) is 13.2 Å². The number of esters is 1. The lowest BCUT2D eigenvalue weighted by atomic mass is 10.0. The number of unbranched alkanes of at least 4 members (excludes halogenated alkanes) is 20. The zero-order valence-corrected chi connectivity index (χ0v) is 33.5. The van der Waals surface area contributed by atoms with Crippen LogP contribution in [0.25, 0.3) is 0 Å².